The number of alkyl halides is 1. The Bertz CT molecular complexity index is 172. The summed E-state index contributed by atoms with van der Waals surface area (Å²) in [7, 11) is 0. The normalized spacial score (nSPS) is 11.8. The lowest BCUT2D eigenvalue weighted by Gasteiger charge is -1.99. The first kappa shape index (κ1) is 9.91. The van der Waals surface area contributed by atoms with Gasteiger partial charge in [0.25, 0.3) is 0 Å². The van der Waals surface area contributed by atoms with E-state index in [0.29, 0.717) is 3.92 Å². The van der Waals surface area contributed by atoms with Crippen LogP contribution in [-0.2, 0) is 0 Å². The summed E-state index contributed by atoms with van der Waals surface area (Å²) in [4.78, 5) is 0. The Balaban J connectivity index is 0.000000810. The molecule has 0 spiro atoms. The Hall–Kier alpha value is -0.0900. The molecule has 0 aliphatic carbocycles. The van der Waals surface area contributed by atoms with Crippen molar-refractivity contribution in [1.82, 2.24) is 6.15 Å². The minimum absolute atomic E-state index is 0. The highest BCUT2D eigenvalue weighted by atomic mass is 127. The molecule has 1 aromatic rings. The highest BCUT2D eigenvalue weighted by Crippen LogP contribution is 2.20. The molecule has 0 aliphatic rings. The molecule has 0 heterocycles. The third kappa shape index (κ3) is 2.66. The van der Waals surface area contributed by atoms with Gasteiger partial charge in [-0.3, -0.25) is 0 Å². The van der Waals surface area contributed by atoms with Crippen LogP contribution in [0.15, 0.2) is 30.3 Å². The first-order valence-corrected chi connectivity index (χ1v) is 4.24. The van der Waals surface area contributed by atoms with E-state index in [9.17, 15) is 0 Å². The van der Waals surface area contributed by atoms with Crippen LogP contribution in [0.3, 0.4) is 0 Å². The quantitative estimate of drug-likeness (QED) is 0.601. The Kier molecular flexibility index (Phi) is 4.64. The molecule has 0 saturated carbocycles. The summed E-state index contributed by atoms with van der Waals surface area (Å²) in [6.07, 6.45) is 0. The van der Waals surface area contributed by atoms with Crippen molar-refractivity contribution in [2.45, 2.75) is 10.8 Å². The molecule has 0 amide bonds. The Morgan fingerprint density at radius 1 is 1.20 bits per heavy atom. The fourth-order valence-corrected chi connectivity index (χ4v) is 1.13. The summed E-state index contributed by atoms with van der Waals surface area (Å²) in [5.74, 6) is 0. The van der Waals surface area contributed by atoms with Crippen LogP contribution >= 0.6 is 22.6 Å². The van der Waals surface area contributed by atoms with Crippen LogP contribution in [0.4, 0.5) is 0 Å². The molecule has 10 heavy (non-hydrogen) atoms. The van der Waals surface area contributed by atoms with Gasteiger partial charge in [-0.2, -0.15) is 0 Å². The van der Waals surface area contributed by atoms with Gasteiger partial charge in [0.05, 0.1) is 0 Å². The number of halogens is 1. The predicted octanol–water partition coefficient (Wildman–Crippen LogP) is 3.34. The molecule has 0 fully saturated rings. The minimum atomic E-state index is 0. The summed E-state index contributed by atoms with van der Waals surface area (Å²) in [6.45, 7) is 2.19. The maximum atomic E-state index is 2.41. The number of hydrogen-bond donors (Lipinski definition) is 1. The van der Waals surface area contributed by atoms with E-state index < -0.39 is 0 Å². The maximum absolute atomic E-state index is 2.41. The third-order valence-electron chi connectivity index (χ3n) is 1.26. The molecule has 1 atom stereocenters. The zero-order chi connectivity index (χ0) is 6.69. The number of hydrogen-bond acceptors (Lipinski definition) is 1. The van der Waals surface area contributed by atoms with Gasteiger partial charge < -0.3 is 6.15 Å². The van der Waals surface area contributed by atoms with Gasteiger partial charge in [-0.1, -0.05) is 52.9 Å². The summed E-state index contributed by atoms with van der Waals surface area (Å²) in [6, 6.07) is 10.5. The number of rotatable bonds is 1. The second-order valence-corrected chi connectivity index (χ2v) is 3.90. The van der Waals surface area contributed by atoms with Crippen molar-refractivity contribution in [1.29, 1.82) is 0 Å². The van der Waals surface area contributed by atoms with E-state index >= 15 is 0 Å². The van der Waals surface area contributed by atoms with E-state index in [1.807, 2.05) is 6.07 Å². The molecule has 0 radical (unpaired) electrons. The van der Waals surface area contributed by atoms with Gasteiger partial charge in [0.1, 0.15) is 0 Å². The summed E-state index contributed by atoms with van der Waals surface area (Å²) in [5, 5.41) is 0. The second-order valence-electron chi connectivity index (χ2n) is 2.03. The highest BCUT2D eigenvalue weighted by molar-refractivity contribution is 14.1. The molecule has 1 unspecified atom stereocenters. The lowest BCUT2D eigenvalue weighted by atomic mass is 10.2. The van der Waals surface area contributed by atoms with Gasteiger partial charge in [-0.15, -0.1) is 0 Å². The molecule has 0 saturated heterocycles. The van der Waals surface area contributed by atoms with Gasteiger partial charge in [0.2, 0.25) is 0 Å². The van der Waals surface area contributed by atoms with Crippen LogP contribution < -0.4 is 6.15 Å². The van der Waals surface area contributed by atoms with Crippen LogP contribution in [-0.4, -0.2) is 0 Å². The van der Waals surface area contributed by atoms with E-state index in [1.165, 1.54) is 5.56 Å². The van der Waals surface area contributed by atoms with Crippen molar-refractivity contribution in [2.75, 3.05) is 0 Å². The van der Waals surface area contributed by atoms with E-state index in [1.54, 1.807) is 0 Å². The van der Waals surface area contributed by atoms with Crippen molar-refractivity contribution in [2.24, 2.45) is 0 Å². The summed E-state index contributed by atoms with van der Waals surface area (Å²) < 4.78 is 0.629. The Morgan fingerprint density at radius 2 is 1.70 bits per heavy atom. The zero-order valence-electron chi connectivity index (χ0n) is 6.05. The van der Waals surface area contributed by atoms with Gasteiger partial charge in [-0.25, -0.2) is 0 Å². The fourth-order valence-electron chi connectivity index (χ4n) is 0.718. The molecule has 0 aliphatic heterocycles. The molecule has 2 heteroatoms. The average Bonchev–Trinajstić information content (AvgIpc) is 1.90. The van der Waals surface area contributed by atoms with E-state index in [4.69, 9.17) is 0 Å². The van der Waals surface area contributed by atoms with Crippen LogP contribution in [0.25, 0.3) is 0 Å². The van der Waals surface area contributed by atoms with Gasteiger partial charge in [-0.05, 0) is 12.5 Å². The Labute approximate surface area is 75.6 Å². The lowest BCUT2D eigenvalue weighted by Crippen LogP contribution is -1.79. The first-order chi connectivity index (χ1) is 4.30. The van der Waals surface area contributed by atoms with Crippen LogP contribution in [0, 0.1) is 0 Å². The zero-order valence-corrected chi connectivity index (χ0v) is 8.21. The minimum Gasteiger partial charge on any atom is -0.344 e. The largest absolute Gasteiger partial charge is 0.344 e. The monoisotopic (exact) mass is 249 g/mol. The summed E-state index contributed by atoms with van der Waals surface area (Å²) >= 11 is 2.41. The Morgan fingerprint density at radius 3 is 2.00 bits per heavy atom. The van der Waals surface area contributed by atoms with Gasteiger partial charge in [0, 0.05) is 3.92 Å². The van der Waals surface area contributed by atoms with Gasteiger partial charge >= 0.3 is 0 Å². The van der Waals surface area contributed by atoms with Crippen LogP contribution in [0.1, 0.15) is 16.4 Å². The molecule has 56 valence electrons. The smallest absolute Gasteiger partial charge is 0.0331 e. The van der Waals surface area contributed by atoms with E-state index in [0.717, 1.165) is 0 Å². The second kappa shape index (κ2) is 4.68. The van der Waals surface area contributed by atoms with Crippen molar-refractivity contribution in [3.05, 3.63) is 35.9 Å². The van der Waals surface area contributed by atoms with Crippen LogP contribution in [0.2, 0.25) is 0 Å². The van der Waals surface area contributed by atoms with Crippen LogP contribution in [0.5, 0.6) is 0 Å². The average molecular weight is 249 g/mol. The van der Waals surface area contributed by atoms with E-state index in [2.05, 4.69) is 53.8 Å². The molecule has 1 aromatic carbocycles. The standard InChI is InChI=1S/C8H9I.H3N/c1-7(9)8-5-3-2-4-6-8;/h2-7H,1H3;1H3. The molecular formula is C8H12IN. The number of benzene rings is 1. The molecular weight excluding hydrogens is 237 g/mol. The van der Waals surface area contributed by atoms with Crippen molar-refractivity contribution >= 4 is 22.6 Å². The molecule has 0 bridgehead atoms. The van der Waals surface area contributed by atoms with Crippen molar-refractivity contribution in [3.8, 4) is 0 Å². The van der Waals surface area contributed by atoms with Crippen molar-refractivity contribution in [3.63, 3.8) is 0 Å². The fraction of sp³-hybridized carbons (Fsp3) is 0.250. The predicted molar refractivity (Wildman–Crippen MR) is 53.9 cm³/mol. The lowest BCUT2D eigenvalue weighted by molar-refractivity contribution is 1.15. The topological polar surface area (TPSA) is 35.0 Å². The van der Waals surface area contributed by atoms with Crippen molar-refractivity contribution < 1.29 is 0 Å². The molecule has 1 rings (SSSR count). The molecule has 3 N–H and O–H groups in total. The summed E-state index contributed by atoms with van der Waals surface area (Å²) in [5.41, 5.74) is 1.40. The van der Waals surface area contributed by atoms with E-state index in [-0.39, 0.29) is 6.15 Å². The molecule has 0 aromatic heterocycles. The highest BCUT2D eigenvalue weighted by Gasteiger charge is 1.95. The maximum Gasteiger partial charge on any atom is 0.0331 e. The first-order valence-electron chi connectivity index (χ1n) is 2.99. The third-order valence-corrected chi connectivity index (χ3v) is 1.98. The SMILES string of the molecule is CC(I)c1ccccc1.N. The molecule has 1 nitrogen and oxygen atoms in total. The van der Waals surface area contributed by atoms with Gasteiger partial charge in [0.15, 0.2) is 0 Å².